The number of rotatable bonds is 4. The first kappa shape index (κ1) is 12.2. The van der Waals surface area contributed by atoms with Crippen LogP contribution in [0.15, 0.2) is 18.2 Å². The number of methoxy groups -OCH3 is 1. The molecule has 0 spiro atoms. The normalized spacial score (nSPS) is 19.5. The monoisotopic (exact) mass is 260 g/mol. The second-order valence-electron chi connectivity index (χ2n) is 4.13. The van der Waals surface area contributed by atoms with Crippen molar-refractivity contribution in [3.05, 3.63) is 33.8 Å². The maximum atomic E-state index is 10.2. The molecular formula is C12H14Cl2O2. The van der Waals surface area contributed by atoms with Crippen molar-refractivity contribution in [1.29, 1.82) is 0 Å². The highest BCUT2D eigenvalue weighted by atomic mass is 35.5. The van der Waals surface area contributed by atoms with Gasteiger partial charge >= 0.3 is 0 Å². The molecule has 1 saturated carbocycles. The van der Waals surface area contributed by atoms with E-state index in [0.29, 0.717) is 21.5 Å². The molecule has 1 aliphatic rings. The highest BCUT2D eigenvalue weighted by Gasteiger charge is 2.37. The van der Waals surface area contributed by atoms with Crippen molar-refractivity contribution < 1.29 is 9.84 Å². The molecule has 0 bridgehead atoms. The van der Waals surface area contributed by atoms with Crippen molar-refractivity contribution in [3.8, 4) is 0 Å². The molecule has 0 radical (unpaired) electrons. The second-order valence-corrected chi connectivity index (χ2v) is 4.91. The molecule has 2 unspecified atom stereocenters. The van der Waals surface area contributed by atoms with Crippen LogP contribution in [0.1, 0.15) is 24.5 Å². The molecule has 16 heavy (non-hydrogen) atoms. The number of ether oxygens (including phenoxy) is 1. The Kier molecular flexibility index (Phi) is 3.75. The molecule has 0 aliphatic heterocycles. The zero-order valence-electron chi connectivity index (χ0n) is 8.99. The van der Waals surface area contributed by atoms with Crippen molar-refractivity contribution >= 4 is 23.2 Å². The Morgan fingerprint density at radius 3 is 2.62 bits per heavy atom. The molecule has 4 heteroatoms. The average Bonchev–Trinajstić information content (AvgIpc) is 3.07. The minimum absolute atomic E-state index is 0.184. The fraction of sp³-hybridized carbons (Fsp3) is 0.500. The molecule has 0 heterocycles. The van der Waals surface area contributed by atoms with Gasteiger partial charge in [-0.1, -0.05) is 35.3 Å². The molecule has 2 atom stereocenters. The molecule has 2 rings (SSSR count). The van der Waals surface area contributed by atoms with E-state index in [1.54, 1.807) is 25.3 Å². The lowest BCUT2D eigenvalue weighted by atomic mass is 10.0. The largest absolute Gasteiger partial charge is 0.386 e. The molecule has 1 aromatic rings. The summed E-state index contributed by atoms with van der Waals surface area (Å²) < 4.78 is 5.33. The first-order valence-corrected chi connectivity index (χ1v) is 6.05. The fourth-order valence-corrected chi connectivity index (χ4v) is 2.35. The SMILES string of the molecule is COC(C1CC1)C(O)c1cccc(Cl)c1Cl. The number of hydrogen-bond donors (Lipinski definition) is 1. The summed E-state index contributed by atoms with van der Waals surface area (Å²) in [6.45, 7) is 0. The molecule has 2 nitrogen and oxygen atoms in total. The standard InChI is InChI=1S/C12H14Cl2O2/c1-16-12(7-5-6-7)11(15)8-3-2-4-9(13)10(8)14/h2-4,7,11-12,15H,5-6H2,1H3. The minimum atomic E-state index is -0.705. The molecule has 0 saturated heterocycles. The van der Waals surface area contributed by atoms with Gasteiger partial charge in [-0.25, -0.2) is 0 Å². The van der Waals surface area contributed by atoms with E-state index in [9.17, 15) is 5.11 Å². The molecule has 88 valence electrons. The third kappa shape index (κ3) is 2.35. The minimum Gasteiger partial charge on any atom is -0.386 e. The van der Waals surface area contributed by atoms with Crippen LogP contribution in [0.25, 0.3) is 0 Å². The van der Waals surface area contributed by atoms with Gasteiger partial charge in [0.25, 0.3) is 0 Å². The number of aliphatic hydroxyl groups excluding tert-OH is 1. The van der Waals surface area contributed by atoms with Crippen molar-refractivity contribution in [2.24, 2.45) is 5.92 Å². The quantitative estimate of drug-likeness (QED) is 0.899. The van der Waals surface area contributed by atoms with E-state index in [4.69, 9.17) is 27.9 Å². The predicted octanol–water partition coefficient (Wildman–Crippen LogP) is 3.45. The summed E-state index contributed by atoms with van der Waals surface area (Å²) >= 11 is 12.0. The van der Waals surface area contributed by atoms with E-state index in [1.807, 2.05) is 0 Å². The van der Waals surface area contributed by atoms with Gasteiger partial charge in [0.15, 0.2) is 0 Å². The maximum absolute atomic E-state index is 10.2. The lowest BCUT2D eigenvalue weighted by molar-refractivity contribution is -0.0258. The molecule has 0 aromatic heterocycles. The van der Waals surface area contributed by atoms with E-state index < -0.39 is 6.10 Å². The molecule has 1 aromatic carbocycles. The molecule has 0 amide bonds. The van der Waals surface area contributed by atoms with Crippen LogP contribution in [0.3, 0.4) is 0 Å². The molecule has 1 fully saturated rings. The van der Waals surface area contributed by atoms with Crippen molar-refractivity contribution in [3.63, 3.8) is 0 Å². The first-order chi connectivity index (χ1) is 7.65. The second kappa shape index (κ2) is 4.92. The van der Waals surface area contributed by atoms with Gasteiger partial charge in [0.05, 0.1) is 16.1 Å². The van der Waals surface area contributed by atoms with Crippen LogP contribution in [0.2, 0.25) is 10.0 Å². The van der Waals surface area contributed by atoms with Gasteiger partial charge in [0.1, 0.15) is 6.10 Å². The number of benzene rings is 1. The summed E-state index contributed by atoms with van der Waals surface area (Å²) in [7, 11) is 1.62. The zero-order chi connectivity index (χ0) is 11.7. The fourth-order valence-electron chi connectivity index (χ4n) is 1.93. The van der Waals surface area contributed by atoms with Gasteiger partial charge in [-0.3, -0.25) is 0 Å². The lowest BCUT2D eigenvalue weighted by Crippen LogP contribution is -2.23. The predicted molar refractivity (Wildman–Crippen MR) is 64.9 cm³/mol. The smallest absolute Gasteiger partial charge is 0.107 e. The van der Waals surface area contributed by atoms with Crippen LogP contribution in [0, 0.1) is 5.92 Å². The van der Waals surface area contributed by atoms with Gasteiger partial charge in [-0.05, 0) is 24.8 Å². The van der Waals surface area contributed by atoms with Gasteiger partial charge in [0, 0.05) is 12.7 Å². The van der Waals surface area contributed by atoms with E-state index in [-0.39, 0.29) is 6.10 Å². The summed E-state index contributed by atoms with van der Waals surface area (Å²) in [4.78, 5) is 0. The summed E-state index contributed by atoms with van der Waals surface area (Å²) in [5.74, 6) is 0.440. The van der Waals surface area contributed by atoms with E-state index in [0.717, 1.165) is 12.8 Å². The summed E-state index contributed by atoms with van der Waals surface area (Å²) in [5, 5.41) is 11.1. The Bertz CT molecular complexity index is 377. The number of hydrogen-bond acceptors (Lipinski definition) is 2. The first-order valence-electron chi connectivity index (χ1n) is 5.30. The lowest BCUT2D eigenvalue weighted by Gasteiger charge is -2.22. The summed E-state index contributed by atoms with van der Waals surface area (Å²) in [6.07, 6.45) is 1.32. The van der Waals surface area contributed by atoms with E-state index >= 15 is 0 Å². The van der Waals surface area contributed by atoms with Gasteiger partial charge in [-0.15, -0.1) is 0 Å². The molecule has 1 N–H and O–H groups in total. The van der Waals surface area contributed by atoms with Crippen LogP contribution in [0.5, 0.6) is 0 Å². The molecule has 1 aliphatic carbocycles. The Morgan fingerprint density at radius 2 is 2.06 bits per heavy atom. The van der Waals surface area contributed by atoms with E-state index in [1.165, 1.54) is 0 Å². The topological polar surface area (TPSA) is 29.5 Å². The maximum Gasteiger partial charge on any atom is 0.107 e. The van der Waals surface area contributed by atoms with Gasteiger partial charge in [0.2, 0.25) is 0 Å². The zero-order valence-corrected chi connectivity index (χ0v) is 10.5. The number of aliphatic hydroxyl groups is 1. The van der Waals surface area contributed by atoms with Crippen molar-refractivity contribution in [2.45, 2.75) is 25.0 Å². The average molecular weight is 261 g/mol. The third-order valence-electron chi connectivity index (χ3n) is 2.97. The van der Waals surface area contributed by atoms with Crippen LogP contribution < -0.4 is 0 Å². The Hall–Kier alpha value is -0.280. The van der Waals surface area contributed by atoms with Crippen molar-refractivity contribution in [1.82, 2.24) is 0 Å². The van der Waals surface area contributed by atoms with Gasteiger partial charge < -0.3 is 9.84 Å². The Morgan fingerprint density at radius 1 is 1.38 bits per heavy atom. The number of halogens is 2. The van der Waals surface area contributed by atoms with Crippen molar-refractivity contribution in [2.75, 3.05) is 7.11 Å². The highest BCUT2D eigenvalue weighted by molar-refractivity contribution is 6.42. The van der Waals surface area contributed by atoms with Crippen LogP contribution >= 0.6 is 23.2 Å². The van der Waals surface area contributed by atoms with Crippen LogP contribution in [-0.4, -0.2) is 18.3 Å². The van der Waals surface area contributed by atoms with Crippen LogP contribution in [-0.2, 0) is 4.74 Å². The van der Waals surface area contributed by atoms with Gasteiger partial charge in [-0.2, -0.15) is 0 Å². The Balaban J connectivity index is 2.24. The molecular weight excluding hydrogens is 247 g/mol. The third-order valence-corrected chi connectivity index (χ3v) is 3.80. The van der Waals surface area contributed by atoms with Crippen LogP contribution in [0.4, 0.5) is 0 Å². The highest BCUT2D eigenvalue weighted by Crippen LogP contribution is 2.41. The van der Waals surface area contributed by atoms with E-state index in [2.05, 4.69) is 0 Å². The Labute approximate surface area is 105 Å². The summed E-state index contributed by atoms with van der Waals surface area (Å²) in [5.41, 5.74) is 0.646. The summed E-state index contributed by atoms with van der Waals surface area (Å²) in [6, 6.07) is 5.28.